The molecule has 0 spiro atoms. The van der Waals surface area contributed by atoms with Crippen LogP contribution in [0.5, 0.6) is 5.75 Å². The average Bonchev–Trinajstić information content (AvgIpc) is 2.94. The SMILES string of the molecule is CC=C(CCCCC)c1ccc2c(c1)C(CCCCCCCC)(CCCCCCCC)Oc1cc(C)ccc1-2. The Morgan fingerprint density at radius 2 is 1.23 bits per heavy atom. The third-order valence-corrected chi connectivity index (χ3v) is 8.88. The third-order valence-electron chi connectivity index (χ3n) is 8.88. The van der Waals surface area contributed by atoms with Gasteiger partial charge in [-0.3, -0.25) is 0 Å². The van der Waals surface area contributed by atoms with Crippen molar-refractivity contribution in [2.24, 2.45) is 0 Å². The third kappa shape index (κ3) is 8.99. The molecule has 0 radical (unpaired) electrons. The number of fused-ring (bicyclic) bond motifs is 3. The van der Waals surface area contributed by atoms with Gasteiger partial charge in [-0.05, 0) is 86.8 Å². The van der Waals surface area contributed by atoms with E-state index in [2.05, 4.69) is 77.1 Å². The fourth-order valence-corrected chi connectivity index (χ4v) is 6.46. The van der Waals surface area contributed by atoms with Gasteiger partial charge in [0.2, 0.25) is 0 Å². The Morgan fingerprint density at radius 3 is 1.85 bits per heavy atom. The molecular formula is C38H58O. The molecular weight excluding hydrogens is 472 g/mol. The van der Waals surface area contributed by atoms with Gasteiger partial charge in [0, 0.05) is 11.1 Å². The first kappa shape index (κ1) is 31.5. The quantitative estimate of drug-likeness (QED) is 0.164. The predicted octanol–water partition coefficient (Wildman–Crippen LogP) is 12.7. The zero-order valence-electron chi connectivity index (χ0n) is 26.2. The van der Waals surface area contributed by atoms with Gasteiger partial charge in [-0.1, -0.05) is 128 Å². The minimum atomic E-state index is -0.218. The first-order valence-corrected chi connectivity index (χ1v) is 16.7. The highest BCUT2D eigenvalue weighted by molar-refractivity contribution is 5.79. The van der Waals surface area contributed by atoms with Crippen LogP contribution >= 0.6 is 0 Å². The standard InChI is InChI=1S/C38H58O/c1-6-10-13-15-17-20-27-38(28-21-18-16-14-11-7-2)36-30-33(32(9-4)22-19-12-8-3)24-26-34(36)35-25-23-31(5)29-37(35)39-38/h9,23-26,29-30H,6-8,10-22,27-28H2,1-5H3. The molecule has 0 saturated heterocycles. The van der Waals surface area contributed by atoms with Crippen molar-refractivity contribution in [1.82, 2.24) is 0 Å². The summed E-state index contributed by atoms with van der Waals surface area (Å²) < 4.78 is 7.23. The summed E-state index contributed by atoms with van der Waals surface area (Å²) in [5.41, 5.74) is 8.10. The summed E-state index contributed by atoms with van der Waals surface area (Å²) in [7, 11) is 0. The van der Waals surface area contributed by atoms with Crippen LogP contribution in [0.2, 0.25) is 0 Å². The Labute approximate surface area is 241 Å². The fraction of sp³-hybridized carbons (Fsp3) is 0.632. The normalized spacial score (nSPS) is 14.1. The van der Waals surface area contributed by atoms with Gasteiger partial charge >= 0.3 is 0 Å². The lowest BCUT2D eigenvalue weighted by Gasteiger charge is -2.41. The summed E-state index contributed by atoms with van der Waals surface area (Å²) in [4.78, 5) is 0. The largest absolute Gasteiger partial charge is 0.482 e. The number of unbranched alkanes of at least 4 members (excludes halogenated alkanes) is 12. The maximum atomic E-state index is 7.23. The van der Waals surface area contributed by atoms with Gasteiger partial charge in [0.25, 0.3) is 0 Å². The number of aryl methyl sites for hydroxylation is 1. The highest BCUT2D eigenvalue weighted by atomic mass is 16.5. The molecule has 1 heterocycles. The van der Waals surface area contributed by atoms with Crippen LogP contribution < -0.4 is 4.74 Å². The van der Waals surface area contributed by atoms with Crippen molar-refractivity contribution >= 4 is 5.57 Å². The molecule has 1 aliphatic rings. The van der Waals surface area contributed by atoms with Crippen LogP contribution in [0.15, 0.2) is 42.5 Å². The second kappa shape index (κ2) is 16.9. The lowest BCUT2D eigenvalue weighted by Crippen LogP contribution is -2.36. The molecule has 3 rings (SSSR count). The Bertz CT molecular complexity index is 997. The molecule has 1 nitrogen and oxygen atoms in total. The molecule has 0 atom stereocenters. The van der Waals surface area contributed by atoms with E-state index in [1.54, 1.807) is 0 Å². The summed E-state index contributed by atoms with van der Waals surface area (Å²) >= 11 is 0. The Morgan fingerprint density at radius 1 is 0.667 bits per heavy atom. The molecule has 0 unspecified atom stereocenters. The summed E-state index contributed by atoms with van der Waals surface area (Å²) in [6.45, 7) is 11.3. The number of rotatable bonds is 19. The Kier molecular flexibility index (Phi) is 13.7. The van der Waals surface area contributed by atoms with Gasteiger partial charge in [-0.2, -0.15) is 0 Å². The molecule has 39 heavy (non-hydrogen) atoms. The van der Waals surface area contributed by atoms with Crippen LogP contribution in [0.3, 0.4) is 0 Å². The molecule has 0 aliphatic carbocycles. The van der Waals surface area contributed by atoms with Crippen molar-refractivity contribution in [2.75, 3.05) is 0 Å². The van der Waals surface area contributed by atoms with E-state index in [1.807, 2.05) is 0 Å². The van der Waals surface area contributed by atoms with E-state index in [0.29, 0.717) is 0 Å². The summed E-state index contributed by atoms with van der Waals surface area (Å²) in [5.74, 6) is 1.10. The van der Waals surface area contributed by atoms with Gasteiger partial charge in [0.05, 0.1) is 0 Å². The highest BCUT2D eigenvalue weighted by Gasteiger charge is 2.40. The summed E-state index contributed by atoms with van der Waals surface area (Å²) in [6.07, 6.45) is 25.5. The monoisotopic (exact) mass is 530 g/mol. The molecule has 0 N–H and O–H groups in total. The molecule has 2 aromatic rings. The van der Waals surface area contributed by atoms with Crippen molar-refractivity contribution in [3.05, 3.63) is 59.2 Å². The number of allylic oxidation sites excluding steroid dienone is 2. The molecule has 1 heteroatoms. The zero-order chi connectivity index (χ0) is 27.9. The number of benzene rings is 2. The van der Waals surface area contributed by atoms with Crippen LogP contribution in [0.1, 0.15) is 160 Å². The van der Waals surface area contributed by atoms with Gasteiger partial charge in [-0.25, -0.2) is 0 Å². The summed E-state index contributed by atoms with van der Waals surface area (Å²) in [6, 6.07) is 14.2. The smallest absolute Gasteiger partial charge is 0.135 e. The number of ether oxygens (including phenoxy) is 1. The van der Waals surface area contributed by atoms with E-state index in [0.717, 1.165) is 18.6 Å². The Hall–Kier alpha value is -2.02. The van der Waals surface area contributed by atoms with E-state index in [1.165, 1.54) is 136 Å². The van der Waals surface area contributed by atoms with Crippen LogP contribution in [0.25, 0.3) is 16.7 Å². The van der Waals surface area contributed by atoms with Crippen LogP contribution in [-0.4, -0.2) is 0 Å². The second-order valence-electron chi connectivity index (χ2n) is 12.2. The van der Waals surface area contributed by atoms with Crippen molar-refractivity contribution in [3.63, 3.8) is 0 Å². The van der Waals surface area contributed by atoms with E-state index in [4.69, 9.17) is 4.74 Å². The maximum absolute atomic E-state index is 7.23. The first-order chi connectivity index (χ1) is 19.1. The minimum Gasteiger partial charge on any atom is -0.482 e. The lowest BCUT2D eigenvalue weighted by molar-refractivity contribution is 0.0385. The molecule has 0 bridgehead atoms. The van der Waals surface area contributed by atoms with Gasteiger partial charge < -0.3 is 4.74 Å². The van der Waals surface area contributed by atoms with Crippen molar-refractivity contribution < 1.29 is 4.74 Å². The van der Waals surface area contributed by atoms with E-state index in [-0.39, 0.29) is 5.60 Å². The zero-order valence-corrected chi connectivity index (χ0v) is 26.2. The van der Waals surface area contributed by atoms with E-state index in [9.17, 15) is 0 Å². The van der Waals surface area contributed by atoms with Gasteiger partial charge in [0.15, 0.2) is 0 Å². The second-order valence-corrected chi connectivity index (χ2v) is 12.2. The van der Waals surface area contributed by atoms with E-state index >= 15 is 0 Å². The fourth-order valence-electron chi connectivity index (χ4n) is 6.46. The molecule has 0 aromatic heterocycles. The van der Waals surface area contributed by atoms with Gasteiger partial charge in [-0.15, -0.1) is 0 Å². The van der Waals surface area contributed by atoms with E-state index < -0.39 is 0 Å². The molecule has 216 valence electrons. The Balaban J connectivity index is 1.96. The molecule has 0 fully saturated rings. The van der Waals surface area contributed by atoms with Crippen molar-refractivity contribution in [3.8, 4) is 16.9 Å². The molecule has 0 saturated carbocycles. The van der Waals surface area contributed by atoms with Crippen molar-refractivity contribution in [1.29, 1.82) is 0 Å². The molecule has 0 amide bonds. The average molecular weight is 531 g/mol. The van der Waals surface area contributed by atoms with Crippen molar-refractivity contribution in [2.45, 2.75) is 156 Å². The minimum absolute atomic E-state index is 0.218. The first-order valence-electron chi connectivity index (χ1n) is 16.7. The van der Waals surface area contributed by atoms with Crippen LogP contribution in [0, 0.1) is 6.92 Å². The highest BCUT2D eigenvalue weighted by Crippen LogP contribution is 2.50. The van der Waals surface area contributed by atoms with Crippen LogP contribution in [-0.2, 0) is 5.60 Å². The predicted molar refractivity (Wildman–Crippen MR) is 173 cm³/mol. The van der Waals surface area contributed by atoms with Crippen LogP contribution in [0.4, 0.5) is 0 Å². The summed E-state index contributed by atoms with van der Waals surface area (Å²) in [5, 5.41) is 0. The topological polar surface area (TPSA) is 9.23 Å². The number of hydrogen-bond donors (Lipinski definition) is 0. The molecule has 1 aliphatic heterocycles. The maximum Gasteiger partial charge on any atom is 0.135 e. The molecule has 2 aromatic carbocycles. The lowest BCUT2D eigenvalue weighted by atomic mass is 9.76. The number of hydrogen-bond acceptors (Lipinski definition) is 1. The van der Waals surface area contributed by atoms with Gasteiger partial charge in [0.1, 0.15) is 11.4 Å².